The Morgan fingerprint density at radius 2 is 1.76 bits per heavy atom. The van der Waals surface area contributed by atoms with Gasteiger partial charge in [-0.15, -0.1) is 0 Å². The van der Waals surface area contributed by atoms with Crippen molar-refractivity contribution in [3.8, 4) is 11.5 Å². The van der Waals surface area contributed by atoms with Crippen LogP contribution in [0.5, 0.6) is 11.5 Å². The second-order valence-corrected chi connectivity index (χ2v) is 6.71. The minimum Gasteiger partial charge on any atom is -0.486 e. The molecule has 29 heavy (non-hydrogen) atoms. The second-order valence-electron chi connectivity index (χ2n) is 6.71. The van der Waals surface area contributed by atoms with E-state index in [9.17, 15) is 14.4 Å². The normalized spacial score (nSPS) is 14.6. The Bertz CT molecular complexity index is 907. The number of amides is 3. The number of nitrogens with one attached hydrogen (secondary N) is 2. The van der Waals surface area contributed by atoms with Crippen LogP contribution in [0.2, 0.25) is 0 Å². The fourth-order valence-electron chi connectivity index (χ4n) is 2.88. The number of hydrogen-bond donors (Lipinski definition) is 2. The summed E-state index contributed by atoms with van der Waals surface area (Å²) in [5.74, 6) is -0.112. The standard InChI is InChI=1S/C21H22N2O6/c1-13-7-14(2)9-15(8-13)20(25)28-12-19(24)23-21(26)22-10-16-11-27-17-5-3-4-6-18(17)29-16/h3-9,16H,10-12H2,1-2H3,(H2,22,23,24,26). The predicted molar refractivity (Wildman–Crippen MR) is 104 cm³/mol. The number of aryl methyl sites for hydroxylation is 2. The van der Waals surface area contributed by atoms with Crippen LogP contribution in [0.1, 0.15) is 21.5 Å². The fraction of sp³-hybridized carbons (Fsp3) is 0.286. The molecule has 0 radical (unpaired) electrons. The molecular weight excluding hydrogens is 376 g/mol. The molecule has 2 aromatic carbocycles. The fourth-order valence-corrected chi connectivity index (χ4v) is 2.88. The molecule has 0 aliphatic carbocycles. The lowest BCUT2D eigenvalue weighted by Gasteiger charge is -2.26. The Morgan fingerprint density at radius 3 is 2.48 bits per heavy atom. The highest BCUT2D eigenvalue weighted by Crippen LogP contribution is 2.30. The molecule has 0 saturated carbocycles. The van der Waals surface area contributed by atoms with Crippen molar-refractivity contribution in [3.63, 3.8) is 0 Å². The van der Waals surface area contributed by atoms with Crippen molar-refractivity contribution in [2.45, 2.75) is 20.0 Å². The third-order valence-corrected chi connectivity index (χ3v) is 4.10. The van der Waals surface area contributed by atoms with Crippen LogP contribution in [0.3, 0.4) is 0 Å². The van der Waals surface area contributed by atoms with E-state index >= 15 is 0 Å². The van der Waals surface area contributed by atoms with Gasteiger partial charge < -0.3 is 19.5 Å². The molecular formula is C21H22N2O6. The van der Waals surface area contributed by atoms with Crippen LogP contribution in [0.4, 0.5) is 4.79 Å². The molecule has 0 bridgehead atoms. The smallest absolute Gasteiger partial charge is 0.338 e. The van der Waals surface area contributed by atoms with Crippen LogP contribution >= 0.6 is 0 Å². The minimum absolute atomic E-state index is 0.149. The third kappa shape index (κ3) is 5.71. The number of imide groups is 1. The largest absolute Gasteiger partial charge is 0.486 e. The Hall–Kier alpha value is -3.55. The highest BCUT2D eigenvalue weighted by atomic mass is 16.6. The monoisotopic (exact) mass is 398 g/mol. The van der Waals surface area contributed by atoms with E-state index in [2.05, 4.69) is 10.6 Å². The lowest BCUT2D eigenvalue weighted by molar-refractivity contribution is -0.123. The Balaban J connectivity index is 1.39. The Kier molecular flexibility index (Phi) is 6.33. The van der Waals surface area contributed by atoms with Crippen molar-refractivity contribution in [2.75, 3.05) is 19.8 Å². The predicted octanol–water partition coefficient (Wildman–Crippen LogP) is 2.13. The van der Waals surface area contributed by atoms with Crippen molar-refractivity contribution in [3.05, 3.63) is 59.2 Å². The average molecular weight is 398 g/mol. The maximum absolute atomic E-state index is 12.0. The van der Waals surface area contributed by atoms with Crippen LogP contribution in [0, 0.1) is 13.8 Å². The van der Waals surface area contributed by atoms with Crippen molar-refractivity contribution in [2.24, 2.45) is 0 Å². The number of esters is 1. The molecule has 2 aromatic rings. The zero-order valence-corrected chi connectivity index (χ0v) is 16.2. The number of benzene rings is 2. The summed E-state index contributed by atoms with van der Waals surface area (Å²) in [5.41, 5.74) is 2.18. The first-order valence-corrected chi connectivity index (χ1v) is 9.12. The van der Waals surface area contributed by atoms with Crippen molar-refractivity contribution in [1.82, 2.24) is 10.6 Å². The van der Waals surface area contributed by atoms with Gasteiger partial charge >= 0.3 is 12.0 Å². The van der Waals surface area contributed by atoms with Crippen LogP contribution in [-0.4, -0.2) is 43.8 Å². The molecule has 0 aromatic heterocycles. The number of fused-ring (bicyclic) bond motifs is 1. The molecule has 1 aliphatic heterocycles. The maximum atomic E-state index is 12.0. The molecule has 0 fully saturated rings. The van der Waals surface area contributed by atoms with E-state index < -0.39 is 24.5 Å². The summed E-state index contributed by atoms with van der Waals surface area (Å²) < 4.78 is 16.2. The first-order chi connectivity index (χ1) is 13.9. The molecule has 8 nitrogen and oxygen atoms in total. The summed E-state index contributed by atoms with van der Waals surface area (Å²) >= 11 is 0. The topological polar surface area (TPSA) is 103 Å². The number of rotatable bonds is 5. The molecule has 1 unspecified atom stereocenters. The number of hydrogen-bond acceptors (Lipinski definition) is 6. The van der Waals surface area contributed by atoms with Crippen molar-refractivity contribution in [1.29, 1.82) is 0 Å². The van der Waals surface area contributed by atoms with E-state index in [0.717, 1.165) is 11.1 Å². The summed E-state index contributed by atoms with van der Waals surface area (Å²) in [4.78, 5) is 35.7. The summed E-state index contributed by atoms with van der Waals surface area (Å²) in [6.07, 6.45) is -0.381. The third-order valence-electron chi connectivity index (χ3n) is 4.10. The van der Waals surface area contributed by atoms with Gasteiger partial charge in [0, 0.05) is 0 Å². The Labute approximate surface area is 168 Å². The van der Waals surface area contributed by atoms with E-state index in [-0.39, 0.29) is 19.3 Å². The number of urea groups is 1. The second kappa shape index (κ2) is 9.09. The number of ether oxygens (including phenoxy) is 3. The minimum atomic E-state index is -0.730. The molecule has 0 saturated heterocycles. The van der Waals surface area contributed by atoms with Crippen molar-refractivity contribution >= 4 is 17.9 Å². The highest BCUT2D eigenvalue weighted by Gasteiger charge is 2.21. The van der Waals surface area contributed by atoms with Gasteiger partial charge in [0.05, 0.1) is 12.1 Å². The first kappa shape index (κ1) is 20.2. The highest BCUT2D eigenvalue weighted by molar-refractivity contribution is 5.97. The van der Waals surface area contributed by atoms with Gasteiger partial charge in [0.1, 0.15) is 6.61 Å². The van der Waals surface area contributed by atoms with E-state index in [1.54, 1.807) is 24.3 Å². The van der Waals surface area contributed by atoms with Crippen molar-refractivity contribution < 1.29 is 28.6 Å². The molecule has 152 valence electrons. The zero-order chi connectivity index (χ0) is 20.8. The lowest BCUT2D eigenvalue weighted by Crippen LogP contribution is -2.46. The van der Waals surface area contributed by atoms with Crippen LogP contribution in [0.15, 0.2) is 42.5 Å². The van der Waals surface area contributed by atoms with E-state index in [1.807, 2.05) is 32.0 Å². The molecule has 0 spiro atoms. The van der Waals surface area contributed by atoms with Gasteiger partial charge in [0.25, 0.3) is 5.91 Å². The van der Waals surface area contributed by atoms with Crippen LogP contribution in [0.25, 0.3) is 0 Å². The van der Waals surface area contributed by atoms with Gasteiger partial charge in [0.15, 0.2) is 24.2 Å². The van der Waals surface area contributed by atoms with E-state index in [1.165, 1.54) is 0 Å². The number of carbonyl (C=O) groups excluding carboxylic acids is 3. The zero-order valence-electron chi connectivity index (χ0n) is 16.2. The molecule has 8 heteroatoms. The number of carbonyl (C=O) groups is 3. The van der Waals surface area contributed by atoms with Gasteiger partial charge in [-0.2, -0.15) is 0 Å². The first-order valence-electron chi connectivity index (χ1n) is 9.12. The van der Waals surface area contributed by atoms with E-state index in [4.69, 9.17) is 14.2 Å². The Morgan fingerprint density at radius 1 is 1.07 bits per heavy atom. The molecule has 3 amide bonds. The summed E-state index contributed by atoms with van der Waals surface area (Å²) in [5, 5.41) is 4.64. The van der Waals surface area contributed by atoms with E-state index in [0.29, 0.717) is 17.1 Å². The van der Waals surface area contributed by atoms with Gasteiger partial charge in [0.2, 0.25) is 0 Å². The van der Waals surface area contributed by atoms with Crippen LogP contribution < -0.4 is 20.1 Å². The summed E-state index contributed by atoms with van der Waals surface area (Å²) in [7, 11) is 0. The summed E-state index contributed by atoms with van der Waals surface area (Å²) in [6, 6.07) is 11.8. The SMILES string of the molecule is Cc1cc(C)cc(C(=O)OCC(=O)NC(=O)NCC2COc3ccccc3O2)c1. The maximum Gasteiger partial charge on any atom is 0.338 e. The van der Waals surface area contributed by atoms with Crippen LogP contribution in [-0.2, 0) is 9.53 Å². The van der Waals surface area contributed by atoms with Gasteiger partial charge in [-0.05, 0) is 38.1 Å². The number of para-hydroxylation sites is 2. The summed E-state index contributed by atoms with van der Waals surface area (Å²) in [6.45, 7) is 3.59. The average Bonchev–Trinajstić information content (AvgIpc) is 2.69. The molecule has 1 aliphatic rings. The molecule has 2 N–H and O–H groups in total. The van der Waals surface area contributed by atoms with Gasteiger partial charge in [-0.3, -0.25) is 10.1 Å². The van der Waals surface area contributed by atoms with Gasteiger partial charge in [-0.25, -0.2) is 9.59 Å². The quantitative estimate of drug-likeness (QED) is 0.748. The molecule has 3 rings (SSSR count). The molecule has 1 heterocycles. The molecule has 1 atom stereocenters. The lowest BCUT2D eigenvalue weighted by atomic mass is 10.1. The van der Waals surface area contributed by atoms with Gasteiger partial charge in [-0.1, -0.05) is 29.3 Å².